The lowest BCUT2D eigenvalue weighted by molar-refractivity contribution is -0.181. The van der Waals surface area contributed by atoms with Gasteiger partial charge in [-0.15, -0.1) is 0 Å². The molecule has 1 heterocycles. The molecular weight excluding hydrogens is 486 g/mol. The van der Waals surface area contributed by atoms with E-state index in [4.69, 9.17) is 0 Å². The van der Waals surface area contributed by atoms with Gasteiger partial charge in [0.2, 0.25) is 10.0 Å². The van der Waals surface area contributed by atoms with Crippen LogP contribution in [0.1, 0.15) is 54.0 Å². The molecule has 11 heteroatoms. The van der Waals surface area contributed by atoms with Gasteiger partial charge >= 0.3 is 6.18 Å². The summed E-state index contributed by atoms with van der Waals surface area (Å²) in [4.78, 5) is 16.9. The minimum atomic E-state index is -4.48. The van der Waals surface area contributed by atoms with Gasteiger partial charge in [0.25, 0.3) is 5.91 Å². The molecule has 3 rings (SSSR count). The Balaban J connectivity index is 1.83. The molecule has 1 atom stereocenters. The molecule has 0 aliphatic carbocycles. The highest BCUT2D eigenvalue weighted by atomic mass is 32.2. The van der Waals surface area contributed by atoms with E-state index in [2.05, 4.69) is 15.0 Å². The first-order valence-electron chi connectivity index (χ1n) is 10.6. The number of carbonyl (C=O) groups is 1. The van der Waals surface area contributed by atoms with E-state index >= 15 is 0 Å². The molecule has 0 fully saturated rings. The van der Waals surface area contributed by atoms with Gasteiger partial charge < -0.3 is 5.32 Å². The predicted octanol–water partition coefficient (Wildman–Crippen LogP) is 5.38. The average Bonchev–Trinajstić information content (AvgIpc) is 2.73. The van der Waals surface area contributed by atoms with Crippen LogP contribution in [0.3, 0.4) is 0 Å². The van der Waals surface area contributed by atoms with Crippen molar-refractivity contribution in [1.29, 1.82) is 0 Å². The molecule has 1 aromatic heterocycles. The number of alkyl halides is 3. The van der Waals surface area contributed by atoms with Crippen molar-refractivity contribution in [2.24, 2.45) is 0 Å². The fourth-order valence-electron chi connectivity index (χ4n) is 3.46. The first-order valence-corrected chi connectivity index (χ1v) is 12.5. The molecule has 0 bridgehead atoms. The van der Waals surface area contributed by atoms with E-state index in [-0.39, 0.29) is 22.5 Å². The van der Waals surface area contributed by atoms with Crippen LogP contribution in [0.25, 0.3) is 10.9 Å². The zero-order valence-electron chi connectivity index (χ0n) is 19.7. The number of aromatic nitrogens is 1. The number of fused-ring (bicyclic) bond motifs is 1. The highest BCUT2D eigenvalue weighted by Gasteiger charge is 2.49. The van der Waals surface area contributed by atoms with Crippen molar-refractivity contribution in [3.05, 3.63) is 70.7 Å². The summed E-state index contributed by atoms with van der Waals surface area (Å²) < 4.78 is 79.8. The molecule has 0 radical (unpaired) electrons. The van der Waals surface area contributed by atoms with Crippen LogP contribution in [0.4, 0.5) is 23.2 Å². The molecule has 1 amide bonds. The maximum atomic E-state index is 14.7. The third-order valence-corrected chi connectivity index (χ3v) is 6.34. The van der Waals surface area contributed by atoms with Crippen LogP contribution in [0.15, 0.2) is 42.5 Å². The van der Waals surface area contributed by atoms with Gasteiger partial charge in [0, 0.05) is 16.5 Å². The zero-order chi connectivity index (χ0) is 26.3. The maximum absolute atomic E-state index is 14.7. The van der Waals surface area contributed by atoms with Gasteiger partial charge in [0.05, 0.1) is 29.2 Å². The maximum Gasteiger partial charge on any atom is 0.399 e. The van der Waals surface area contributed by atoms with Crippen molar-refractivity contribution >= 4 is 32.5 Å². The zero-order valence-corrected chi connectivity index (χ0v) is 20.5. The molecule has 2 N–H and O–H groups in total. The van der Waals surface area contributed by atoms with Gasteiger partial charge in [0.15, 0.2) is 0 Å². The number of carbonyl (C=O) groups excluding carboxylic acids is 1. The lowest BCUT2D eigenvalue weighted by Gasteiger charge is -2.27. The number of hydrogen-bond donors (Lipinski definition) is 2. The molecule has 0 unspecified atom stereocenters. The van der Waals surface area contributed by atoms with Gasteiger partial charge in [0.1, 0.15) is 11.2 Å². The first kappa shape index (κ1) is 26.4. The number of nitrogens with zero attached hydrogens (tertiary/aromatic N) is 1. The minimum Gasteiger partial charge on any atom is -0.345 e. The van der Waals surface area contributed by atoms with Crippen LogP contribution in [-0.2, 0) is 15.4 Å². The number of nitrogens with one attached hydrogen (secondary N) is 2. The summed E-state index contributed by atoms with van der Waals surface area (Å²) in [5.74, 6) is -1.22. The number of anilines is 1. The Hall–Kier alpha value is -3.21. The van der Waals surface area contributed by atoms with E-state index in [1.54, 1.807) is 13.8 Å². The van der Waals surface area contributed by atoms with Crippen molar-refractivity contribution in [3.8, 4) is 0 Å². The lowest BCUT2D eigenvalue weighted by atomic mass is 9.87. The Labute approximate surface area is 200 Å². The summed E-state index contributed by atoms with van der Waals surface area (Å²) in [7, 11) is -3.59. The molecule has 0 spiro atoms. The normalized spacial score (nSPS) is 13.5. The molecule has 2 aromatic carbocycles. The molecule has 3 aromatic rings. The standard InChI is InChI=1S/C24H25F4N3O3S/c1-13-10-17(18(25)12-20(13)31-35(5,33)34)14(2)29-22(32)16-6-8-19-15(11-16)7-9-21(30-19)23(3,4)24(26,27)28/h6-12,14,31H,1-5H3,(H,29,32)/t14-/m1/s1. The molecule has 0 saturated carbocycles. The second-order valence-corrected chi connectivity index (χ2v) is 10.7. The van der Waals surface area contributed by atoms with E-state index < -0.39 is 39.4 Å². The van der Waals surface area contributed by atoms with E-state index in [0.29, 0.717) is 16.5 Å². The summed E-state index contributed by atoms with van der Waals surface area (Å²) >= 11 is 0. The van der Waals surface area contributed by atoms with Gasteiger partial charge in [-0.3, -0.25) is 14.5 Å². The molecule has 188 valence electrons. The largest absolute Gasteiger partial charge is 0.399 e. The SMILES string of the molecule is Cc1cc([C@@H](C)NC(=O)c2ccc3nc(C(C)(C)C(F)(F)F)ccc3c2)c(F)cc1NS(C)(=O)=O. The van der Waals surface area contributed by atoms with E-state index in [1.807, 2.05) is 0 Å². The fourth-order valence-corrected chi connectivity index (χ4v) is 4.08. The Kier molecular flexibility index (Phi) is 6.86. The quantitative estimate of drug-likeness (QED) is 0.435. The van der Waals surface area contributed by atoms with Crippen molar-refractivity contribution in [2.45, 2.75) is 45.3 Å². The molecule has 35 heavy (non-hydrogen) atoms. The van der Waals surface area contributed by atoms with Crippen LogP contribution in [0.2, 0.25) is 0 Å². The van der Waals surface area contributed by atoms with Crippen LogP contribution in [0.5, 0.6) is 0 Å². The van der Waals surface area contributed by atoms with Gasteiger partial charge in [-0.2, -0.15) is 13.2 Å². The number of hydrogen-bond acceptors (Lipinski definition) is 4. The van der Waals surface area contributed by atoms with Gasteiger partial charge in [-0.05, 0) is 69.7 Å². The third kappa shape index (κ3) is 5.72. The van der Waals surface area contributed by atoms with Crippen LogP contribution < -0.4 is 10.0 Å². The average molecular weight is 512 g/mol. The smallest absolute Gasteiger partial charge is 0.345 e. The third-order valence-electron chi connectivity index (χ3n) is 5.75. The second-order valence-electron chi connectivity index (χ2n) is 8.98. The van der Waals surface area contributed by atoms with Crippen molar-refractivity contribution in [2.75, 3.05) is 11.0 Å². The number of halogens is 4. The van der Waals surface area contributed by atoms with E-state index in [9.17, 15) is 30.8 Å². The molecule has 0 saturated heterocycles. The monoisotopic (exact) mass is 511 g/mol. The number of rotatable bonds is 6. The number of amides is 1. The van der Waals surface area contributed by atoms with E-state index in [1.165, 1.54) is 36.4 Å². The van der Waals surface area contributed by atoms with Gasteiger partial charge in [-0.25, -0.2) is 12.8 Å². The summed E-state index contributed by atoms with van der Waals surface area (Å²) in [6, 6.07) is 8.89. The summed E-state index contributed by atoms with van der Waals surface area (Å²) in [6.45, 7) is 5.28. The van der Waals surface area contributed by atoms with Crippen LogP contribution in [0, 0.1) is 12.7 Å². The van der Waals surface area contributed by atoms with Crippen LogP contribution >= 0.6 is 0 Å². The number of pyridine rings is 1. The Morgan fingerprint density at radius 2 is 1.71 bits per heavy atom. The van der Waals surface area contributed by atoms with E-state index in [0.717, 1.165) is 26.2 Å². The molecule has 6 nitrogen and oxygen atoms in total. The Bertz CT molecular complexity index is 1400. The topological polar surface area (TPSA) is 88.2 Å². The van der Waals surface area contributed by atoms with Crippen molar-refractivity contribution < 1.29 is 30.8 Å². The van der Waals surface area contributed by atoms with Gasteiger partial charge in [-0.1, -0.05) is 6.07 Å². The first-order chi connectivity index (χ1) is 16.0. The Morgan fingerprint density at radius 1 is 1.06 bits per heavy atom. The van der Waals surface area contributed by atoms with Crippen molar-refractivity contribution in [1.82, 2.24) is 10.3 Å². The molecule has 0 aliphatic heterocycles. The summed E-state index contributed by atoms with van der Waals surface area (Å²) in [5.41, 5.74) is -1.01. The summed E-state index contributed by atoms with van der Waals surface area (Å²) in [5, 5.41) is 3.16. The summed E-state index contributed by atoms with van der Waals surface area (Å²) in [6.07, 6.45) is -3.52. The van der Waals surface area contributed by atoms with Crippen molar-refractivity contribution in [3.63, 3.8) is 0 Å². The lowest BCUT2D eigenvalue weighted by Crippen LogP contribution is -2.37. The highest BCUT2D eigenvalue weighted by Crippen LogP contribution is 2.40. The second kappa shape index (κ2) is 9.10. The number of benzene rings is 2. The highest BCUT2D eigenvalue weighted by molar-refractivity contribution is 7.92. The molecule has 0 aliphatic rings. The predicted molar refractivity (Wildman–Crippen MR) is 126 cm³/mol. The minimum absolute atomic E-state index is 0.0994. The van der Waals surface area contributed by atoms with Crippen LogP contribution in [-0.4, -0.2) is 31.7 Å². The number of sulfonamides is 1. The molecular formula is C24H25F4N3O3S. The number of aryl methyl sites for hydroxylation is 1. The Morgan fingerprint density at radius 3 is 2.31 bits per heavy atom. The fraction of sp³-hybridized carbons (Fsp3) is 0.333.